The predicted octanol–water partition coefficient (Wildman–Crippen LogP) is -0.239. The number of anilines is 2. The van der Waals surface area contributed by atoms with Crippen LogP contribution in [0.25, 0.3) is 0 Å². The van der Waals surface area contributed by atoms with Crippen LogP contribution in [0.2, 0.25) is 0 Å². The SMILES string of the molecule is NCCC(=O)Nc1ccc(N)c(C(=O)NCCC(=O)O)c1. The minimum absolute atomic E-state index is 0.00261. The van der Waals surface area contributed by atoms with Crippen molar-refractivity contribution in [3.05, 3.63) is 23.8 Å². The van der Waals surface area contributed by atoms with Gasteiger partial charge in [-0.15, -0.1) is 0 Å². The Kier molecular flexibility index (Phi) is 6.15. The first-order chi connectivity index (χ1) is 9.93. The predicted molar refractivity (Wildman–Crippen MR) is 77.7 cm³/mol. The van der Waals surface area contributed by atoms with E-state index in [1.807, 2.05) is 0 Å². The Bertz CT molecular complexity index is 545. The molecule has 0 aliphatic carbocycles. The lowest BCUT2D eigenvalue weighted by Crippen LogP contribution is -2.27. The summed E-state index contributed by atoms with van der Waals surface area (Å²) in [5, 5.41) is 13.5. The molecule has 0 unspecified atom stereocenters. The second-order valence-electron chi connectivity index (χ2n) is 4.29. The van der Waals surface area contributed by atoms with Crippen molar-refractivity contribution < 1.29 is 19.5 Å². The standard InChI is InChI=1S/C13H18N4O4/c14-5-3-11(18)17-8-1-2-10(15)9(7-8)13(21)16-6-4-12(19)20/h1-2,7H,3-6,14-15H2,(H,16,21)(H,17,18)(H,19,20). The first-order valence-corrected chi connectivity index (χ1v) is 6.33. The Morgan fingerprint density at radius 3 is 2.52 bits per heavy atom. The molecule has 1 aromatic carbocycles. The van der Waals surface area contributed by atoms with Crippen LogP contribution in [0.3, 0.4) is 0 Å². The Morgan fingerprint density at radius 1 is 1.19 bits per heavy atom. The molecule has 1 rings (SSSR count). The van der Waals surface area contributed by atoms with E-state index in [0.29, 0.717) is 5.69 Å². The van der Waals surface area contributed by atoms with Gasteiger partial charge >= 0.3 is 5.97 Å². The van der Waals surface area contributed by atoms with Crippen LogP contribution in [0, 0.1) is 0 Å². The van der Waals surface area contributed by atoms with Gasteiger partial charge in [0.15, 0.2) is 0 Å². The number of hydrogen-bond acceptors (Lipinski definition) is 5. The Morgan fingerprint density at radius 2 is 1.90 bits per heavy atom. The molecule has 8 nitrogen and oxygen atoms in total. The molecule has 21 heavy (non-hydrogen) atoms. The minimum atomic E-state index is -1.01. The monoisotopic (exact) mass is 294 g/mol. The zero-order valence-electron chi connectivity index (χ0n) is 11.4. The summed E-state index contributed by atoms with van der Waals surface area (Å²) in [4.78, 5) is 33.7. The highest BCUT2D eigenvalue weighted by Gasteiger charge is 2.12. The van der Waals surface area contributed by atoms with Gasteiger partial charge in [-0.3, -0.25) is 14.4 Å². The smallest absolute Gasteiger partial charge is 0.305 e. The molecule has 8 heteroatoms. The van der Waals surface area contributed by atoms with Gasteiger partial charge in [-0.1, -0.05) is 0 Å². The number of hydrogen-bond donors (Lipinski definition) is 5. The van der Waals surface area contributed by atoms with Crippen LogP contribution in [-0.2, 0) is 9.59 Å². The molecule has 0 saturated heterocycles. The number of carbonyl (C=O) groups is 3. The van der Waals surface area contributed by atoms with Gasteiger partial charge < -0.3 is 27.2 Å². The number of amides is 2. The van der Waals surface area contributed by atoms with Crippen molar-refractivity contribution >= 4 is 29.2 Å². The molecule has 7 N–H and O–H groups in total. The van der Waals surface area contributed by atoms with Gasteiger partial charge in [0, 0.05) is 30.9 Å². The lowest BCUT2D eigenvalue weighted by Gasteiger charge is -2.10. The van der Waals surface area contributed by atoms with Gasteiger partial charge in [0.25, 0.3) is 5.91 Å². The number of benzene rings is 1. The van der Waals surface area contributed by atoms with E-state index < -0.39 is 11.9 Å². The number of rotatable bonds is 7. The Hall–Kier alpha value is -2.61. The van der Waals surface area contributed by atoms with Crippen molar-refractivity contribution in [2.45, 2.75) is 12.8 Å². The molecule has 0 heterocycles. The summed E-state index contributed by atoms with van der Waals surface area (Å²) in [6.07, 6.45) is -0.0108. The maximum absolute atomic E-state index is 11.9. The quantitative estimate of drug-likeness (QED) is 0.438. The maximum atomic E-state index is 11.9. The van der Waals surface area contributed by atoms with Crippen LogP contribution >= 0.6 is 0 Å². The summed E-state index contributed by atoms with van der Waals surface area (Å²) in [5.74, 6) is -1.77. The number of carboxylic acid groups (broad SMARTS) is 1. The van der Waals surface area contributed by atoms with Crippen molar-refractivity contribution in [3.63, 3.8) is 0 Å². The second kappa shape index (κ2) is 7.85. The van der Waals surface area contributed by atoms with E-state index >= 15 is 0 Å². The van der Waals surface area contributed by atoms with E-state index in [1.165, 1.54) is 12.1 Å². The lowest BCUT2D eigenvalue weighted by atomic mass is 10.1. The van der Waals surface area contributed by atoms with Crippen LogP contribution in [-0.4, -0.2) is 36.0 Å². The van der Waals surface area contributed by atoms with Gasteiger partial charge in [-0.05, 0) is 18.2 Å². The highest BCUT2D eigenvalue weighted by atomic mass is 16.4. The third kappa shape index (κ3) is 5.49. The molecule has 0 radical (unpaired) electrons. The summed E-state index contributed by atoms with van der Waals surface area (Å²) < 4.78 is 0. The van der Waals surface area contributed by atoms with Crippen molar-refractivity contribution in [2.24, 2.45) is 5.73 Å². The molecule has 0 saturated carbocycles. The number of nitrogens with one attached hydrogen (secondary N) is 2. The molecule has 1 aromatic rings. The molecule has 0 atom stereocenters. The van der Waals surface area contributed by atoms with E-state index in [2.05, 4.69) is 10.6 Å². The van der Waals surface area contributed by atoms with Crippen molar-refractivity contribution in [1.29, 1.82) is 0 Å². The van der Waals surface area contributed by atoms with Crippen molar-refractivity contribution in [1.82, 2.24) is 5.32 Å². The summed E-state index contributed by atoms with van der Waals surface area (Å²) in [7, 11) is 0. The largest absolute Gasteiger partial charge is 0.481 e. The number of carbonyl (C=O) groups excluding carboxylic acids is 2. The number of aliphatic carboxylic acids is 1. The second-order valence-corrected chi connectivity index (χ2v) is 4.29. The van der Waals surface area contributed by atoms with Crippen LogP contribution in [0.5, 0.6) is 0 Å². The fourth-order valence-electron chi connectivity index (χ4n) is 1.56. The number of nitrogen functional groups attached to an aromatic ring is 1. The molecule has 0 spiro atoms. The van der Waals surface area contributed by atoms with Crippen LogP contribution in [0.1, 0.15) is 23.2 Å². The molecule has 0 aliphatic rings. The first kappa shape index (κ1) is 16.4. The Labute approximate surface area is 121 Å². The van der Waals surface area contributed by atoms with Gasteiger partial charge in [-0.25, -0.2) is 0 Å². The van der Waals surface area contributed by atoms with Crippen LogP contribution in [0.4, 0.5) is 11.4 Å². The lowest BCUT2D eigenvalue weighted by molar-refractivity contribution is -0.136. The van der Waals surface area contributed by atoms with Gasteiger partial charge in [0.05, 0.1) is 12.0 Å². The molecule has 0 aromatic heterocycles. The fourth-order valence-corrected chi connectivity index (χ4v) is 1.56. The summed E-state index contributed by atoms with van der Waals surface area (Å²) in [5.41, 5.74) is 11.8. The third-order valence-electron chi connectivity index (χ3n) is 2.58. The molecule has 0 fully saturated rings. The normalized spacial score (nSPS) is 9.95. The summed E-state index contributed by atoms with van der Waals surface area (Å²) in [6.45, 7) is 0.223. The zero-order valence-corrected chi connectivity index (χ0v) is 11.4. The average Bonchev–Trinajstić information content (AvgIpc) is 2.40. The molecular formula is C13H18N4O4. The average molecular weight is 294 g/mol. The Balaban J connectivity index is 2.74. The van der Waals surface area contributed by atoms with Gasteiger partial charge in [0.2, 0.25) is 5.91 Å². The highest BCUT2D eigenvalue weighted by molar-refractivity contribution is 6.01. The van der Waals surface area contributed by atoms with Crippen molar-refractivity contribution in [3.8, 4) is 0 Å². The molecule has 0 bridgehead atoms. The molecule has 114 valence electrons. The topological polar surface area (TPSA) is 148 Å². The fraction of sp³-hybridized carbons (Fsp3) is 0.308. The number of carboxylic acids is 1. The molecule has 0 aliphatic heterocycles. The molecular weight excluding hydrogens is 276 g/mol. The number of nitrogens with two attached hydrogens (primary N) is 2. The molecule has 2 amide bonds. The van der Waals surface area contributed by atoms with E-state index in [1.54, 1.807) is 6.07 Å². The maximum Gasteiger partial charge on any atom is 0.305 e. The van der Waals surface area contributed by atoms with E-state index in [0.717, 1.165) is 0 Å². The van der Waals surface area contributed by atoms with E-state index in [-0.39, 0.29) is 43.1 Å². The third-order valence-corrected chi connectivity index (χ3v) is 2.58. The summed E-state index contributed by atoms with van der Waals surface area (Å²) in [6, 6.07) is 4.49. The minimum Gasteiger partial charge on any atom is -0.481 e. The van der Waals surface area contributed by atoms with Gasteiger partial charge in [-0.2, -0.15) is 0 Å². The van der Waals surface area contributed by atoms with E-state index in [9.17, 15) is 14.4 Å². The van der Waals surface area contributed by atoms with Crippen LogP contribution < -0.4 is 22.1 Å². The van der Waals surface area contributed by atoms with E-state index in [4.69, 9.17) is 16.6 Å². The van der Waals surface area contributed by atoms with Crippen LogP contribution in [0.15, 0.2) is 18.2 Å². The van der Waals surface area contributed by atoms with Crippen molar-refractivity contribution in [2.75, 3.05) is 24.1 Å². The zero-order chi connectivity index (χ0) is 15.8. The van der Waals surface area contributed by atoms with Gasteiger partial charge in [0.1, 0.15) is 0 Å². The summed E-state index contributed by atoms with van der Waals surface area (Å²) >= 11 is 0. The highest BCUT2D eigenvalue weighted by Crippen LogP contribution is 2.18. The first-order valence-electron chi connectivity index (χ1n) is 6.33.